The number of piperazine rings is 1. The van der Waals surface area contributed by atoms with Gasteiger partial charge in [0.05, 0.1) is 17.6 Å². The Kier molecular flexibility index (Phi) is 4.26. The number of aromatic nitrogens is 1. The van der Waals surface area contributed by atoms with E-state index in [2.05, 4.69) is 9.88 Å². The summed E-state index contributed by atoms with van der Waals surface area (Å²) in [5.41, 5.74) is 6.23. The molecule has 1 aliphatic rings. The van der Waals surface area contributed by atoms with Gasteiger partial charge in [-0.05, 0) is 18.6 Å². The minimum atomic E-state index is -3.08. The topological polar surface area (TPSA) is 79.5 Å². The fourth-order valence-electron chi connectivity index (χ4n) is 2.17. The molecule has 2 N–H and O–H groups in total. The SMILES string of the molecule is CCCS(=O)(=O)N1CCN(c2ccc(N)cn2)CC1. The Balaban J connectivity index is 1.98. The molecule has 1 fully saturated rings. The van der Waals surface area contributed by atoms with E-state index in [9.17, 15) is 8.42 Å². The van der Waals surface area contributed by atoms with Crippen LogP contribution in [0.2, 0.25) is 0 Å². The van der Waals surface area contributed by atoms with Crippen molar-refractivity contribution in [2.45, 2.75) is 13.3 Å². The number of rotatable bonds is 4. The van der Waals surface area contributed by atoms with Crippen molar-refractivity contribution in [3.63, 3.8) is 0 Å². The van der Waals surface area contributed by atoms with Gasteiger partial charge in [0, 0.05) is 26.2 Å². The predicted octanol–water partition coefficient (Wildman–Crippen LogP) is 0.526. The van der Waals surface area contributed by atoms with Crippen LogP contribution in [-0.2, 0) is 10.0 Å². The smallest absolute Gasteiger partial charge is 0.214 e. The van der Waals surface area contributed by atoms with Crippen LogP contribution in [0, 0.1) is 0 Å². The largest absolute Gasteiger partial charge is 0.397 e. The number of hydrogen-bond acceptors (Lipinski definition) is 5. The summed E-state index contributed by atoms with van der Waals surface area (Å²) >= 11 is 0. The van der Waals surface area contributed by atoms with Gasteiger partial charge in [-0.3, -0.25) is 0 Å². The Hall–Kier alpha value is -1.34. The quantitative estimate of drug-likeness (QED) is 0.872. The summed E-state index contributed by atoms with van der Waals surface area (Å²) in [4.78, 5) is 6.34. The Morgan fingerprint density at radius 1 is 1.26 bits per heavy atom. The van der Waals surface area contributed by atoms with Crippen LogP contribution >= 0.6 is 0 Å². The number of pyridine rings is 1. The van der Waals surface area contributed by atoms with Gasteiger partial charge in [-0.1, -0.05) is 6.92 Å². The molecule has 0 spiro atoms. The van der Waals surface area contributed by atoms with E-state index in [0.717, 1.165) is 5.82 Å². The highest BCUT2D eigenvalue weighted by Gasteiger charge is 2.26. The van der Waals surface area contributed by atoms with Crippen molar-refractivity contribution in [2.75, 3.05) is 42.6 Å². The standard InChI is InChI=1S/C12H20N4O2S/c1-2-9-19(17,18)16-7-5-15(6-8-16)12-4-3-11(13)10-14-12/h3-4,10H,2,5-9,13H2,1H3. The van der Waals surface area contributed by atoms with E-state index in [1.165, 1.54) is 0 Å². The second-order valence-electron chi connectivity index (χ2n) is 4.65. The number of sulfonamides is 1. The minimum Gasteiger partial charge on any atom is -0.397 e. The minimum absolute atomic E-state index is 0.229. The van der Waals surface area contributed by atoms with Gasteiger partial charge >= 0.3 is 0 Å². The van der Waals surface area contributed by atoms with Gasteiger partial charge in [0.25, 0.3) is 0 Å². The molecular formula is C12H20N4O2S. The van der Waals surface area contributed by atoms with Crippen molar-refractivity contribution in [1.29, 1.82) is 0 Å². The molecule has 0 radical (unpaired) electrons. The summed E-state index contributed by atoms with van der Waals surface area (Å²) in [6.07, 6.45) is 2.28. The Morgan fingerprint density at radius 3 is 2.47 bits per heavy atom. The molecule has 1 aromatic heterocycles. The molecule has 0 saturated carbocycles. The first-order valence-electron chi connectivity index (χ1n) is 6.47. The van der Waals surface area contributed by atoms with Crippen molar-refractivity contribution >= 4 is 21.5 Å². The van der Waals surface area contributed by atoms with Gasteiger partial charge in [-0.15, -0.1) is 0 Å². The summed E-state index contributed by atoms with van der Waals surface area (Å²) in [6.45, 7) is 4.26. The van der Waals surface area contributed by atoms with Crippen molar-refractivity contribution < 1.29 is 8.42 Å². The normalized spacial score (nSPS) is 17.6. The molecule has 0 unspecified atom stereocenters. The van der Waals surface area contributed by atoms with Gasteiger partial charge in [0.1, 0.15) is 5.82 Å². The van der Waals surface area contributed by atoms with E-state index in [-0.39, 0.29) is 5.75 Å². The molecule has 0 aliphatic carbocycles. The molecule has 1 saturated heterocycles. The van der Waals surface area contributed by atoms with Crippen LogP contribution in [-0.4, -0.2) is 49.6 Å². The third kappa shape index (κ3) is 3.36. The van der Waals surface area contributed by atoms with Crippen LogP contribution in [0.5, 0.6) is 0 Å². The van der Waals surface area contributed by atoms with Gasteiger partial charge in [0.15, 0.2) is 0 Å². The van der Waals surface area contributed by atoms with E-state index < -0.39 is 10.0 Å². The van der Waals surface area contributed by atoms with Crippen molar-refractivity contribution in [2.24, 2.45) is 0 Å². The van der Waals surface area contributed by atoms with E-state index in [0.29, 0.717) is 38.3 Å². The van der Waals surface area contributed by atoms with E-state index >= 15 is 0 Å². The highest BCUT2D eigenvalue weighted by molar-refractivity contribution is 7.89. The van der Waals surface area contributed by atoms with E-state index in [4.69, 9.17) is 5.73 Å². The van der Waals surface area contributed by atoms with Crippen LogP contribution in [0.15, 0.2) is 18.3 Å². The average Bonchev–Trinajstić information content (AvgIpc) is 2.40. The zero-order valence-electron chi connectivity index (χ0n) is 11.1. The molecule has 0 bridgehead atoms. The second-order valence-corrected chi connectivity index (χ2v) is 6.74. The molecule has 2 rings (SSSR count). The molecule has 1 aliphatic heterocycles. The van der Waals surface area contributed by atoms with Gasteiger partial charge in [0.2, 0.25) is 10.0 Å². The van der Waals surface area contributed by atoms with E-state index in [1.807, 2.05) is 19.1 Å². The number of nitrogens with zero attached hydrogens (tertiary/aromatic N) is 3. The first-order valence-corrected chi connectivity index (χ1v) is 8.08. The van der Waals surface area contributed by atoms with Crippen LogP contribution in [0.3, 0.4) is 0 Å². The maximum absolute atomic E-state index is 11.9. The fraction of sp³-hybridized carbons (Fsp3) is 0.583. The third-order valence-corrected chi connectivity index (χ3v) is 5.26. The van der Waals surface area contributed by atoms with Gasteiger partial charge in [-0.25, -0.2) is 13.4 Å². The summed E-state index contributed by atoms with van der Waals surface area (Å²) in [7, 11) is -3.08. The first-order chi connectivity index (χ1) is 9.03. The van der Waals surface area contributed by atoms with Crippen molar-refractivity contribution in [3.05, 3.63) is 18.3 Å². The summed E-state index contributed by atoms with van der Waals surface area (Å²) in [5, 5.41) is 0. The average molecular weight is 284 g/mol. The van der Waals surface area contributed by atoms with Crippen molar-refractivity contribution in [1.82, 2.24) is 9.29 Å². The molecule has 0 atom stereocenters. The predicted molar refractivity (Wildman–Crippen MR) is 76.5 cm³/mol. The Labute approximate surface area is 114 Å². The van der Waals surface area contributed by atoms with Crippen LogP contribution in [0.25, 0.3) is 0 Å². The Bertz CT molecular complexity index is 507. The highest BCUT2D eigenvalue weighted by atomic mass is 32.2. The molecule has 7 heteroatoms. The summed E-state index contributed by atoms with van der Waals surface area (Å²) in [5.74, 6) is 1.08. The summed E-state index contributed by atoms with van der Waals surface area (Å²) < 4.78 is 25.5. The maximum Gasteiger partial charge on any atom is 0.214 e. The lowest BCUT2D eigenvalue weighted by Crippen LogP contribution is -2.49. The lowest BCUT2D eigenvalue weighted by molar-refractivity contribution is 0.383. The molecule has 1 aromatic rings. The highest BCUT2D eigenvalue weighted by Crippen LogP contribution is 2.16. The maximum atomic E-state index is 11.9. The lowest BCUT2D eigenvalue weighted by Gasteiger charge is -2.34. The van der Waals surface area contributed by atoms with Crippen LogP contribution < -0.4 is 10.6 Å². The molecule has 19 heavy (non-hydrogen) atoms. The molecule has 0 amide bonds. The number of nitrogen functional groups attached to an aromatic ring is 1. The van der Waals surface area contributed by atoms with Gasteiger partial charge in [-0.2, -0.15) is 4.31 Å². The lowest BCUT2D eigenvalue weighted by atomic mass is 10.3. The molecule has 6 nitrogen and oxygen atoms in total. The molecular weight excluding hydrogens is 264 g/mol. The molecule has 2 heterocycles. The zero-order valence-corrected chi connectivity index (χ0v) is 11.9. The van der Waals surface area contributed by atoms with Crippen LogP contribution in [0.1, 0.15) is 13.3 Å². The van der Waals surface area contributed by atoms with Gasteiger partial charge < -0.3 is 10.6 Å². The molecule has 0 aromatic carbocycles. The third-order valence-electron chi connectivity index (χ3n) is 3.19. The Morgan fingerprint density at radius 2 is 1.95 bits per heavy atom. The second kappa shape index (κ2) is 5.75. The monoisotopic (exact) mass is 284 g/mol. The first kappa shape index (κ1) is 14.1. The number of hydrogen-bond donors (Lipinski definition) is 1. The summed E-state index contributed by atoms with van der Waals surface area (Å²) in [6, 6.07) is 3.67. The van der Waals surface area contributed by atoms with Crippen LogP contribution in [0.4, 0.5) is 11.5 Å². The fourth-order valence-corrected chi connectivity index (χ4v) is 3.66. The van der Waals surface area contributed by atoms with E-state index in [1.54, 1.807) is 10.5 Å². The van der Waals surface area contributed by atoms with Crippen molar-refractivity contribution in [3.8, 4) is 0 Å². The molecule has 106 valence electrons. The number of anilines is 2. The zero-order chi connectivity index (χ0) is 13.9. The number of nitrogens with two attached hydrogens (primary N) is 1.